The summed E-state index contributed by atoms with van der Waals surface area (Å²) in [6.07, 6.45) is -0.157. The zero-order chi connectivity index (χ0) is 14.0. The van der Waals surface area contributed by atoms with Gasteiger partial charge >= 0.3 is 0 Å². The second-order valence-corrected chi connectivity index (χ2v) is 8.14. The van der Waals surface area contributed by atoms with Crippen molar-refractivity contribution in [1.29, 1.82) is 0 Å². The molecule has 2 nitrogen and oxygen atoms in total. The van der Waals surface area contributed by atoms with E-state index < -0.39 is 6.10 Å². The predicted molar refractivity (Wildman–Crippen MR) is 86.4 cm³/mol. The van der Waals surface area contributed by atoms with Crippen molar-refractivity contribution in [3.8, 4) is 5.75 Å². The lowest BCUT2D eigenvalue weighted by Gasteiger charge is -2.13. The third kappa shape index (κ3) is 3.73. The molecule has 2 aromatic rings. The fourth-order valence-corrected chi connectivity index (χ4v) is 4.96. The molecule has 1 aromatic heterocycles. The van der Waals surface area contributed by atoms with E-state index in [0.29, 0.717) is 11.4 Å². The van der Waals surface area contributed by atoms with Crippen LogP contribution in [-0.4, -0.2) is 12.2 Å². The van der Waals surface area contributed by atoms with Crippen molar-refractivity contribution in [2.24, 2.45) is 0 Å². The number of hydrogen-bond acceptors (Lipinski definition) is 3. The van der Waals surface area contributed by atoms with E-state index in [0.717, 1.165) is 24.4 Å². The largest absolute Gasteiger partial charge is 0.496 e. The van der Waals surface area contributed by atoms with Crippen LogP contribution in [0.15, 0.2) is 31.8 Å². The minimum Gasteiger partial charge on any atom is -0.496 e. The van der Waals surface area contributed by atoms with Gasteiger partial charge in [0.1, 0.15) is 5.75 Å². The van der Waals surface area contributed by atoms with Crippen LogP contribution in [0.25, 0.3) is 0 Å². The molecule has 102 valence electrons. The van der Waals surface area contributed by atoms with E-state index in [1.165, 1.54) is 11.3 Å². The summed E-state index contributed by atoms with van der Waals surface area (Å²) in [6.45, 7) is 0. The number of rotatable bonds is 4. The van der Waals surface area contributed by atoms with E-state index in [1.54, 1.807) is 13.2 Å². The Balaban J connectivity index is 2.25. The van der Waals surface area contributed by atoms with Gasteiger partial charge in [-0.2, -0.15) is 0 Å². The molecule has 0 saturated heterocycles. The maximum atomic E-state index is 10.3. The van der Waals surface area contributed by atoms with Gasteiger partial charge in [-0.25, -0.2) is 0 Å². The first-order valence-electron chi connectivity index (χ1n) is 5.46. The van der Waals surface area contributed by atoms with Crippen molar-refractivity contribution in [3.63, 3.8) is 0 Å². The van der Waals surface area contributed by atoms with Gasteiger partial charge in [-0.15, -0.1) is 11.3 Å². The number of aliphatic hydroxyl groups excluding tert-OH is 1. The van der Waals surface area contributed by atoms with Crippen LogP contribution in [0.2, 0.25) is 5.02 Å². The number of benzene rings is 1. The van der Waals surface area contributed by atoms with Crippen LogP contribution in [0, 0.1) is 0 Å². The van der Waals surface area contributed by atoms with E-state index in [2.05, 4.69) is 31.9 Å². The van der Waals surface area contributed by atoms with Gasteiger partial charge in [0.05, 0.1) is 20.8 Å². The zero-order valence-corrected chi connectivity index (χ0v) is 14.7. The van der Waals surface area contributed by atoms with Crippen molar-refractivity contribution in [2.75, 3.05) is 7.11 Å². The highest BCUT2D eigenvalue weighted by molar-refractivity contribution is 9.12. The first kappa shape index (κ1) is 15.3. The highest BCUT2D eigenvalue weighted by atomic mass is 79.9. The van der Waals surface area contributed by atoms with Crippen molar-refractivity contribution in [2.45, 2.75) is 12.5 Å². The summed E-state index contributed by atoms with van der Waals surface area (Å²) in [5.41, 5.74) is 1.75. The quantitative estimate of drug-likeness (QED) is 0.727. The molecule has 1 heterocycles. The smallest absolute Gasteiger partial charge is 0.122 e. The molecular weight excluding hydrogens is 415 g/mol. The number of halogens is 3. The monoisotopic (exact) mass is 424 g/mol. The summed E-state index contributed by atoms with van der Waals surface area (Å²) in [7, 11) is 1.61. The maximum Gasteiger partial charge on any atom is 0.122 e. The zero-order valence-electron chi connectivity index (χ0n) is 9.99. The number of methoxy groups -OCH3 is 1. The number of aliphatic hydroxyl groups is 1. The summed E-state index contributed by atoms with van der Waals surface area (Å²) < 4.78 is 7.19. The number of ether oxygens (including phenoxy) is 1. The van der Waals surface area contributed by atoms with Crippen molar-refractivity contribution in [1.82, 2.24) is 0 Å². The average Bonchev–Trinajstić information content (AvgIpc) is 2.69. The van der Waals surface area contributed by atoms with Gasteiger partial charge in [0.2, 0.25) is 0 Å². The fourth-order valence-electron chi connectivity index (χ4n) is 1.81. The lowest BCUT2D eigenvalue weighted by molar-refractivity contribution is 0.177. The molecule has 1 aromatic carbocycles. The number of thiophene rings is 1. The summed E-state index contributed by atoms with van der Waals surface area (Å²) >= 11 is 14.4. The van der Waals surface area contributed by atoms with E-state index in [1.807, 2.05) is 18.2 Å². The second kappa shape index (κ2) is 6.59. The second-order valence-electron chi connectivity index (χ2n) is 3.96. The fraction of sp³-hybridized carbons (Fsp3) is 0.231. The van der Waals surface area contributed by atoms with Crippen LogP contribution in [0.5, 0.6) is 5.75 Å². The molecule has 0 amide bonds. The highest BCUT2D eigenvalue weighted by Crippen LogP contribution is 2.37. The van der Waals surface area contributed by atoms with Gasteiger partial charge in [-0.3, -0.25) is 0 Å². The molecule has 1 unspecified atom stereocenters. The molecule has 19 heavy (non-hydrogen) atoms. The summed E-state index contributed by atoms with van der Waals surface area (Å²) in [5.74, 6) is 0.730. The topological polar surface area (TPSA) is 29.5 Å². The van der Waals surface area contributed by atoms with Crippen LogP contribution in [0.3, 0.4) is 0 Å². The summed E-state index contributed by atoms with van der Waals surface area (Å²) in [4.78, 5) is 0. The molecule has 0 radical (unpaired) electrons. The molecule has 2 rings (SSSR count). The molecule has 0 bridgehead atoms. The third-order valence-corrected chi connectivity index (χ3v) is 5.32. The molecule has 1 atom stereocenters. The van der Waals surface area contributed by atoms with E-state index >= 15 is 0 Å². The molecule has 0 aliphatic rings. The van der Waals surface area contributed by atoms with Crippen LogP contribution < -0.4 is 4.74 Å². The average molecular weight is 427 g/mol. The predicted octanol–water partition coefficient (Wildman–Crippen LogP) is 5.21. The Hall–Kier alpha value is -0.0700. The maximum absolute atomic E-state index is 10.3. The van der Waals surface area contributed by atoms with E-state index in [9.17, 15) is 5.11 Å². The molecule has 0 spiro atoms. The van der Waals surface area contributed by atoms with Crippen molar-refractivity contribution >= 4 is 54.8 Å². The van der Waals surface area contributed by atoms with Crippen molar-refractivity contribution < 1.29 is 9.84 Å². The SMILES string of the molecule is COc1ccc(Cl)cc1CC(O)c1cc(Br)sc1Br. The number of hydrogen-bond donors (Lipinski definition) is 1. The Morgan fingerprint density at radius 1 is 1.37 bits per heavy atom. The van der Waals surface area contributed by atoms with E-state index in [4.69, 9.17) is 16.3 Å². The molecular formula is C13H11Br2ClO2S. The molecule has 0 aliphatic heterocycles. The van der Waals surface area contributed by atoms with Gasteiger partial charge in [-0.1, -0.05) is 11.6 Å². The molecule has 6 heteroatoms. The standard InChI is InChI=1S/C13H11Br2ClO2S/c1-18-11-3-2-8(16)4-7(11)5-10(17)9-6-12(14)19-13(9)15/h2-4,6,10,17H,5H2,1H3. The molecule has 0 fully saturated rings. The molecule has 0 saturated carbocycles. The third-order valence-electron chi connectivity index (χ3n) is 2.70. The van der Waals surface area contributed by atoms with Crippen molar-refractivity contribution in [3.05, 3.63) is 48.0 Å². The minimum atomic E-state index is -0.607. The minimum absolute atomic E-state index is 0.450. The van der Waals surface area contributed by atoms with Gasteiger partial charge in [0.15, 0.2) is 0 Å². The Labute approximate surface area is 137 Å². The Kier molecular flexibility index (Phi) is 5.31. The first-order valence-corrected chi connectivity index (χ1v) is 8.24. The highest BCUT2D eigenvalue weighted by Gasteiger charge is 2.17. The van der Waals surface area contributed by atoms with Crippen LogP contribution in [0.4, 0.5) is 0 Å². The molecule has 1 N–H and O–H groups in total. The summed E-state index contributed by atoms with van der Waals surface area (Å²) in [6, 6.07) is 7.31. The first-order chi connectivity index (χ1) is 9.01. The van der Waals surface area contributed by atoms with Crippen LogP contribution >= 0.6 is 54.8 Å². The Morgan fingerprint density at radius 2 is 2.11 bits per heavy atom. The van der Waals surface area contributed by atoms with E-state index in [-0.39, 0.29) is 0 Å². The Bertz CT molecular complexity index is 586. The molecule has 0 aliphatic carbocycles. The lowest BCUT2D eigenvalue weighted by atomic mass is 10.0. The van der Waals surface area contributed by atoms with Gasteiger partial charge in [0, 0.05) is 17.0 Å². The normalized spacial score (nSPS) is 12.5. The van der Waals surface area contributed by atoms with Gasteiger partial charge in [-0.05, 0) is 61.7 Å². The lowest BCUT2D eigenvalue weighted by Crippen LogP contribution is -2.03. The van der Waals surface area contributed by atoms with Gasteiger partial charge in [0.25, 0.3) is 0 Å². The van der Waals surface area contributed by atoms with Crippen LogP contribution in [0.1, 0.15) is 17.2 Å². The van der Waals surface area contributed by atoms with Crippen LogP contribution in [-0.2, 0) is 6.42 Å². The van der Waals surface area contributed by atoms with Gasteiger partial charge < -0.3 is 9.84 Å². The Morgan fingerprint density at radius 3 is 2.68 bits per heavy atom. The summed E-state index contributed by atoms with van der Waals surface area (Å²) in [5, 5.41) is 11.0.